The number of nitrogens with zero attached hydrogens (tertiary/aromatic N) is 6. The molecule has 4 aromatic rings. The van der Waals surface area contributed by atoms with Gasteiger partial charge >= 0.3 is 0 Å². The summed E-state index contributed by atoms with van der Waals surface area (Å²) < 4.78 is 0. The van der Waals surface area contributed by atoms with E-state index in [1.165, 1.54) is 48.8 Å². The summed E-state index contributed by atoms with van der Waals surface area (Å²) in [5.74, 6) is 0.152. The lowest BCUT2D eigenvalue weighted by molar-refractivity contribution is -0.385. The molecule has 4 N–H and O–H groups in total. The summed E-state index contributed by atoms with van der Waals surface area (Å²) in [6.45, 7) is 0. The smallest absolute Gasteiger partial charge is 0.270 e. The second kappa shape index (κ2) is 10.1. The van der Waals surface area contributed by atoms with E-state index in [0.29, 0.717) is 10.8 Å². The molecule has 0 atom stereocenters. The fraction of sp³-hybridized carbons (Fsp3) is 0. The Morgan fingerprint density at radius 3 is 1.53 bits per heavy atom. The van der Waals surface area contributed by atoms with Gasteiger partial charge in [-0.1, -0.05) is 24.3 Å². The third-order valence-corrected chi connectivity index (χ3v) is 4.88. The van der Waals surface area contributed by atoms with E-state index in [1.54, 1.807) is 24.3 Å². The number of rotatable bonds is 8. The lowest BCUT2D eigenvalue weighted by atomic mass is 10.2. The molecule has 0 aliphatic rings. The van der Waals surface area contributed by atoms with Crippen LogP contribution in [-0.2, 0) is 0 Å². The number of phenolic OH excluding ortho intramolecular Hbond substituents is 2. The van der Waals surface area contributed by atoms with Gasteiger partial charge in [0.2, 0.25) is 0 Å². The van der Waals surface area contributed by atoms with Crippen LogP contribution < -0.4 is 10.9 Å². The molecule has 0 saturated heterocycles. The number of hydrogen-bond acceptors (Lipinski definition) is 12. The molecular formula is C22H16N8O6. The van der Waals surface area contributed by atoms with Gasteiger partial charge in [-0.05, 0) is 12.1 Å². The highest BCUT2D eigenvalue weighted by Gasteiger charge is 2.11. The Bertz CT molecular complexity index is 1420. The number of phenols is 2. The van der Waals surface area contributed by atoms with Gasteiger partial charge in [0.25, 0.3) is 11.4 Å². The van der Waals surface area contributed by atoms with Gasteiger partial charge in [-0.25, -0.2) is 0 Å². The molecular weight excluding hydrogens is 472 g/mol. The number of aromatic nitrogens is 2. The number of nitro groups is 2. The third-order valence-electron chi connectivity index (χ3n) is 4.88. The maximum atomic E-state index is 10.9. The standard InChI is InChI=1S/C22H16N8O6/c31-19-7-5-15(29(33)34)9-13(19)11-23-25-21-17-3-1-2-4-18(17)22(28-27-21)26-24-12-14-10-16(30(35)36)6-8-20(14)32/h1-12,31-32H,(H,25,27)(H,26,28). The number of nitro benzene ring substituents is 2. The first-order valence-electron chi connectivity index (χ1n) is 10.1. The van der Waals surface area contributed by atoms with Crippen LogP contribution in [0.5, 0.6) is 11.5 Å². The maximum Gasteiger partial charge on any atom is 0.270 e. The minimum Gasteiger partial charge on any atom is -0.507 e. The third kappa shape index (κ3) is 5.12. The van der Waals surface area contributed by atoms with E-state index in [0.717, 1.165) is 0 Å². The molecule has 14 nitrogen and oxygen atoms in total. The average Bonchev–Trinajstić information content (AvgIpc) is 2.86. The van der Waals surface area contributed by atoms with Crippen molar-refractivity contribution in [2.75, 3.05) is 10.9 Å². The van der Waals surface area contributed by atoms with Crippen molar-refractivity contribution in [3.8, 4) is 11.5 Å². The summed E-state index contributed by atoms with van der Waals surface area (Å²) in [4.78, 5) is 20.7. The van der Waals surface area contributed by atoms with Gasteiger partial charge in [-0.2, -0.15) is 10.2 Å². The number of fused-ring (bicyclic) bond motifs is 1. The van der Waals surface area contributed by atoms with Crippen LogP contribution >= 0.6 is 0 Å². The van der Waals surface area contributed by atoms with Gasteiger partial charge in [0, 0.05) is 46.2 Å². The molecule has 0 fully saturated rings. The van der Waals surface area contributed by atoms with E-state index >= 15 is 0 Å². The van der Waals surface area contributed by atoms with Crippen LogP contribution in [0.1, 0.15) is 11.1 Å². The normalized spacial score (nSPS) is 11.2. The molecule has 36 heavy (non-hydrogen) atoms. The lowest BCUT2D eigenvalue weighted by Gasteiger charge is -2.08. The van der Waals surface area contributed by atoms with E-state index in [2.05, 4.69) is 31.3 Å². The van der Waals surface area contributed by atoms with Gasteiger partial charge < -0.3 is 10.2 Å². The number of benzene rings is 3. The Morgan fingerprint density at radius 1 is 0.722 bits per heavy atom. The van der Waals surface area contributed by atoms with Crippen molar-refractivity contribution >= 4 is 46.2 Å². The van der Waals surface area contributed by atoms with Crippen LogP contribution in [0.2, 0.25) is 0 Å². The molecule has 0 aliphatic carbocycles. The van der Waals surface area contributed by atoms with Gasteiger partial charge in [-0.15, -0.1) is 10.2 Å². The molecule has 4 rings (SSSR count). The first-order chi connectivity index (χ1) is 17.3. The molecule has 3 aromatic carbocycles. The van der Waals surface area contributed by atoms with E-state index < -0.39 is 9.85 Å². The monoisotopic (exact) mass is 488 g/mol. The minimum absolute atomic E-state index is 0.131. The number of hydrogen-bond donors (Lipinski definition) is 4. The summed E-state index contributed by atoms with van der Waals surface area (Å²) in [6.07, 6.45) is 2.42. The Labute approximate surface area is 201 Å². The molecule has 0 amide bonds. The second-order valence-electron chi connectivity index (χ2n) is 7.18. The lowest BCUT2D eigenvalue weighted by Crippen LogP contribution is -2.02. The van der Waals surface area contributed by atoms with Gasteiger partial charge in [0.1, 0.15) is 11.5 Å². The van der Waals surface area contributed by atoms with Crippen LogP contribution in [0.25, 0.3) is 10.8 Å². The van der Waals surface area contributed by atoms with Crippen LogP contribution in [0.4, 0.5) is 23.0 Å². The Hall–Kier alpha value is -5.66. The summed E-state index contributed by atoms with van der Waals surface area (Å²) in [7, 11) is 0. The molecule has 180 valence electrons. The zero-order chi connectivity index (χ0) is 25.7. The number of anilines is 2. The zero-order valence-corrected chi connectivity index (χ0v) is 18.1. The van der Waals surface area contributed by atoms with E-state index in [-0.39, 0.29) is 45.6 Å². The molecule has 0 aliphatic heterocycles. The molecule has 0 bridgehead atoms. The minimum atomic E-state index is -0.586. The fourth-order valence-corrected chi connectivity index (χ4v) is 3.11. The van der Waals surface area contributed by atoms with Crippen LogP contribution in [0.3, 0.4) is 0 Å². The Morgan fingerprint density at radius 2 is 1.14 bits per heavy atom. The fourth-order valence-electron chi connectivity index (χ4n) is 3.11. The van der Waals surface area contributed by atoms with Crippen molar-refractivity contribution in [2.45, 2.75) is 0 Å². The molecule has 0 saturated carbocycles. The van der Waals surface area contributed by atoms with Crippen LogP contribution in [-0.4, -0.2) is 42.7 Å². The number of aromatic hydroxyl groups is 2. The summed E-state index contributed by atoms with van der Waals surface area (Å²) in [5.41, 5.74) is 5.26. The van der Waals surface area contributed by atoms with Gasteiger partial charge in [0.05, 0.1) is 22.3 Å². The molecule has 1 aromatic heterocycles. The SMILES string of the molecule is O=[N+]([O-])c1ccc(O)c(C=NNc2nnc(NN=Cc3cc([N+](=O)[O-])ccc3O)c3ccccc23)c1. The largest absolute Gasteiger partial charge is 0.507 e. The Kier molecular flexibility index (Phi) is 6.58. The van der Waals surface area contributed by atoms with Crippen molar-refractivity contribution in [3.05, 3.63) is 92.0 Å². The molecule has 14 heteroatoms. The molecule has 0 radical (unpaired) electrons. The van der Waals surface area contributed by atoms with Crippen molar-refractivity contribution in [1.82, 2.24) is 10.2 Å². The predicted octanol–water partition coefficient (Wildman–Crippen LogP) is 3.75. The average molecular weight is 488 g/mol. The highest BCUT2D eigenvalue weighted by atomic mass is 16.6. The number of nitrogens with one attached hydrogen (secondary N) is 2. The van der Waals surface area contributed by atoms with E-state index in [1.807, 2.05) is 0 Å². The first kappa shape index (κ1) is 23.5. The van der Waals surface area contributed by atoms with Gasteiger partial charge in [-0.3, -0.25) is 31.1 Å². The molecule has 0 unspecified atom stereocenters. The van der Waals surface area contributed by atoms with Crippen molar-refractivity contribution in [3.63, 3.8) is 0 Å². The predicted molar refractivity (Wildman–Crippen MR) is 131 cm³/mol. The van der Waals surface area contributed by atoms with E-state index in [4.69, 9.17) is 0 Å². The summed E-state index contributed by atoms with van der Waals surface area (Å²) >= 11 is 0. The van der Waals surface area contributed by atoms with E-state index in [9.17, 15) is 30.4 Å². The second-order valence-corrected chi connectivity index (χ2v) is 7.18. The Balaban J connectivity index is 1.56. The number of hydrazone groups is 2. The highest BCUT2D eigenvalue weighted by Crippen LogP contribution is 2.27. The zero-order valence-electron chi connectivity index (χ0n) is 18.1. The van der Waals surface area contributed by atoms with Crippen molar-refractivity contribution in [1.29, 1.82) is 0 Å². The quantitative estimate of drug-likeness (QED) is 0.161. The summed E-state index contributed by atoms with van der Waals surface area (Å²) in [6, 6.07) is 14.1. The maximum absolute atomic E-state index is 10.9. The van der Waals surface area contributed by atoms with Crippen molar-refractivity contribution < 1.29 is 20.1 Å². The van der Waals surface area contributed by atoms with Crippen LogP contribution in [0, 0.1) is 20.2 Å². The molecule has 0 spiro atoms. The molecule has 1 heterocycles. The number of non-ortho nitro benzene ring substituents is 2. The highest BCUT2D eigenvalue weighted by molar-refractivity contribution is 5.98. The van der Waals surface area contributed by atoms with Gasteiger partial charge in [0.15, 0.2) is 11.6 Å². The van der Waals surface area contributed by atoms with Crippen LogP contribution in [0.15, 0.2) is 70.9 Å². The topological polar surface area (TPSA) is 201 Å². The van der Waals surface area contributed by atoms with Crippen molar-refractivity contribution in [2.24, 2.45) is 10.2 Å². The summed E-state index contributed by atoms with van der Waals surface area (Å²) in [5, 5.41) is 59.0. The first-order valence-corrected chi connectivity index (χ1v) is 10.1.